The zero-order chi connectivity index (χ0) is 13.9. The maximum atomic E-state index is 13.9. The van der Waals surface area contributed by atoms with E-state index < -0.39 is 0 Å². The molecule has 0 saturated heterocycles. The third kappa shape index (κ3) is 2.39. The van der Waals surface area contributed by atoms with Crippen molar-refractivity contribution in [3.63, 3.8) is 0 Å². The Morgan fingerprint density at radius 2 is 1.70 bits per heavy atom. The second-order valence-corrected chi connectivity index (χ2v) is 4.95. The molecule has 0 fully saturated rings. The molecule has 0 saturated carbocycles. The van der Waals surface area contributed by atoms with Crippen LogP contribution in [0, 0.1) is 5.82 Å². The Hall–Kier alpha value is -1.94. The van der Waals surface area contributed by atoms with Gasteiger partial charge in [0.2, 0.25) is 0 Å². The largest absolute Gasteiger partial charge is 0.237 e. The van der Waals surface area contributed by atoms with Gasteiger partial charge in [-0.15, -0.1) is 0 Å². The lowest BCUT2D eigenvalue weighted by Gasteiger charge is -2.01. The van der Waals surface area contributed by atoms with Crippen LogP contribution in [-0.2, 0) is 5.33 Å². The van der Waals surface area contributed by atoms with Crippen molar-refractivity contribution in [3.8, 4) is 16.8 Å². The molecule has 0 aliphatic heterocycles. The summed E-state index contributed by atoms with van der Waals surface area (Å²) in [6.45, 7) is 0. The Balaban J connectivity index is 2.13. The minimum absolute atomic E-state index is 0.282. The van der Waals surface area contributed by atoms with E-state index in [4.69, 9.17) is 0 Å². The van der Waals surface area contributed by atoms with E-state index in [2.05, 4.69) is 21.0 Å². The van der Waals surface area contributed by atoms with Crippen molar-refractivity contribution in [2.45, 2.75) is 5.33 Å². The van der Waals surface area contributed by atoms with Crippen LogP contribution in [0.5, 0.6) is 0 Å². The summed E-state index contributed by atoms with van der Waals surface area (Å²) in [5, 5.41) is 5.09. The van der Waals surface area contributed by atoms with Gasteiger partial charge in [0.15, 0.2) is 0 Å². The van der Waals surface area contributed by atoms with Gasteiger partial charge in [-0.05, 0) is 17.7 Å². The fourth-order valence-electron chi connectivity index (χ4n) is 2.13. The number of rotatable bonds is 3. The van der Waals surface area contributed by atoms with Crippen LogP contribution >= 0.6 is 15.9 Å². The summed E-state index contributed by atoms with van der Waals surface area (Å²) >= 11 is 3.44. The second-order valence-electron chi connectivity index (χ2n) is 4.39. The van der Waals surface area contributed by atoms with Crippen LogP contribution in [0.3, 0.4) is 0 Å². The highest BCUT2D eigenvalue weighted by Gasteiger charge is 2.12. The fourth-order valence-corrected chi connectivity index (χ4v) is 2.54. The van der Waals surface area contributed by atoms with Crippen molar-refractivity contribution in [2.75, 3.05) is 0 Å². The molecular weight excluding hydrogens is 319 g/mol. The maximum absolute atomic E-state index is 13.9. The molecule has 0 unspecified atom stereocenters. The Morgan fingerprint density at radius 3 is 2.40 bits per heavy atom. The van der Waals surface area contributed by atoms with Gasteiger partial charge in [-0.25, -0.2) is 9.07 Å². The lowest BCUT2D eigenvalue weighted by Crippen LogP contribution is -1.98. The molecule has 0 radical (unpaired) electrons. The quantitative estimate of drug-likeness (QED) is 0.643. The van der Waals surface area contributed by atoms with Crippen LogP contribution in [0.15, 0.2) is 60.8 Å². The predicted molar refractivity (Wildman–Crippen MR) is 81.6 cm³/mol. The van der Waals surface area contributed by atoms with Crippen LogP contribution in [0.4, 0.5) is 4.39 Å². The Bertz CT molecular complexity index is 722. The minimum Gasteiger partial charge on any atom is -0.237 e. The fraction of sp³-hybridized carbons (Fsp3) is 0.0625. The highest BCUT2D eigenvalue weighted by atomic mass is 79.9. The van der Waals surface area contributed by atoms with Gasteiger partial charge in [-0.1, -0.05) is 58.4 Å². The van der Waals surface area contributed by atoms with Crippen LogP contribution in [-0.4, -0.2) is 9.78 Å². The lowest BCUT2D eigenvalue weighted by atomic mass is 10.1. The molecule has 1 aromatic heterocycles. The Morgan fingerprint density at radius 1 is 1.00 bits per heavy atom. The summed E-state index contributed by atoms with van der Waals surface area (Å²) in [5.41, 5.74) is 3.42. The SMILES string of the molecule is Fc1ccccc1-n1cc(-c2ccccc2)c(CBr)n1. The molecule has 1 heterocycles. The van der Waals surface area contributed by atoms with Crippen molar-refractivity contribution in [3.05, 3.63) is 72.3 Å². The van der Waals surface area contributed by atoms with E-state index in [-0.39, 0.29) is 5.82 Å². The zero-order valence-electron chi connectivity index (χ0n) is 10.6. The van der Waals surface area contributed by atoms with Crippen molar-refractivity contribution in [1.82, 2.24) is 9.78 Å². The maximum Gasteiger partial charge on any atom is 0.148 e. The summed E-state index contributed by atoms with van der Waals surface area (Å²) in [7, 11) is 0. The highest BCUT2D eigenvalue weighted by molar-refractivity contribution is 9.08. The smallest absolute Gasteiger partial charge is 0.148 e. The van der Waals surface area contributed by atoms with E-state index in [9.17, 15) is 4.39 Å². The van der Waals surface area contributed by atoms with E-state index >= 15 is 0 Å². The third-order valence-corrected chi connectivity index (χ3v) is 3.63. The molecule has 0 spiro atoms. The van der Waals surface area contributed by atoms with Crippen LogP contribution < -0.4 is 0 Å². The molecule has 100 valence electrons. The topological polar surface area (TPSA) is 17.8 Å². The monoisotopic (exact) mass is 330 g/mol. The number of hydrogen-bond donors (Lipinski definition) is 0. The van der Waals surface area contributed by atoms with Crippen molar-refractivity contribution in [2.24, 2.45) is 0 Å². The van der Waals surface area contributed by atoms with Crippen molar-refractivity contribution < 1.29 is 4.39 Å². The van der Waals surface area contributed by atoms with E-state index in [0.717, 1.165) is 16.8 Å². The lowest BCUT2D eigenvalue weighted by molar-refractivity contribution is 0.610. The molecule has 2 aromatic carbocycles. The third-order valence-electron chi connectivity index (χ3n) is 3.10. The average Bonchev–Trinajstić information content (AvgIpc) is 2.92. The summed E-state index contributed by atoms with van der Waals surface area (Å²) in [4.78, 5) is 0. The van der Waals surface area contributed by atoms with Crippen LogP contribution in [0.2, 0.25) is 0 Å². The van der Waals surface area contributed by atoms with E-state index in [0.29, 0.717) is 11.0 Å². The number of halogens is 2. The Labute approximate surface area is 125 Å². The predicted octanol–water partition coefficient (Wildman–Crippen LogP) is 4.57. The summed E-state index contributed by atoms with van der Waals surface area (Å²) in [5.74, 6) is -0.282. The van der Waals surface area contributed by atoms with E-state index in [1.165, 1.54) is 6.07 Å². The summed E-state index contributed by atoms with van der Waals surface area (Å²) in [6, 6.07) is 16.6. The molecule has 0 bridgehead atoms. The molecule has 0 atom stereocenters. The number of aromatic nitrogens is 2. The first kappa shape index (κ1) is 13.1. The van der Waals surface area contributed by atoms with Gasteiger partial charge in [0.25, 0.3) is 0 Å². The standard InChI is InChI=1S/C16H12BrFN2/c17-10-15-13(12-6-2-1-3-7-12)11-20(19-15)16-9-5-4-8-14(16)18/h1-9,11H,10H2. The minimum atomic E-state index is -0.282. The van der Waals surface area contributed by atoms with E-state index in [1.807, 2.05) is 36.5 Å². The molecule has 0 aliphatic carbocycles. The van der Waals surface area contributed by atoms with E-state index in [1.54, 1.807) is 22.9 Å². The number of nitrogens with zero attached hydrogens (tertiary/aromatic N) is 2. The summed E-state index contributed by atoms with van der Waals surface area (Å²) < 4.78 is 15.4. The second kappa shape index (κ2) is 5.59. The molecule has 0 N–H and O–H groups in total. The highest BCUT2D eigenvalue weighted by Crippen LogP contribution is 2.26. The number of benzene rings is 2. The zero-order valence-corrected chi connectivity index (χ0v) is 12.2. The normalized spacial score (nSPS) is 10.7. The van der Waals surface area contributed by atoms with Crippen molar-refractivity contribution in [1.29, 1.82) is 0 Å². The molecule has 0 amide bonds. The first-order valence-corrected chi connectivity index (χ1v) is 7.36. The Kier molecular flexibility index (Phi) is 3.65. The summed E-state index contributed by atoms with van der Waals surface area (Å²) in [6.07, 6.45) is 1.87. The number of hydrogen-bond acceptors (Lipinski definition) is 1. The molecule has 0 aliphatic rings. The van der Waals surface area contributed by atoms with Gasteiger partial charge in [-0.2, -0.15) is 5.10 Å². The molecule has 20 heavy (non-hydrogen) atoms. The van der Waals surface area contributed by atoms with Gasteiger partial charge >= 0.3 is 0 Å². The average molecular weight is 331 g/mol. The van der Waals surface area contributed by atoms with Gasteiger partial charge in [-0.3, -0.25) is 0 Å². The van der Waals surface area contributed by atoms with Crippen LogP contribution in [0.1, 0.15) is 5.69 Å². The van der Waals surface area contributed by atoms with Crippen molar-refractivity contribution >= 4 is 15.9 Å². The number of para-hydroxylation sites is 1. The van der Waals surface area contributed by atoms with Crippen LogP contribution in [0.25, 0.3) is 16.8 Å². The molecule has 4 heteroatoms. The first-order valence-electron chi connectivity index (χ1n) is 6.24. The molecule has 2 nitrogen and oxygen atoms in total. The molecule has 3 rings (SSSR count). The molecular formula is C16H12BrFN2. The van der Waals surface area contributed by atoms with Gasteiger partial charge < -0.3 is 0 Å². The van der Waals surface area contributed by atoms with Gasteiger partial charge in [0.1, 0.15) is 11.5 Å². The molecule has 3 aromatic rings. The first-order chi connectivity index (χ1) is 9.79. The van der Waals surface area contributed by atoms with Gasteiger partial charge in [0.05, 0.1) is 5.69 Å². The van der Waals surface area contributed by atoms with Gasteiger partial charge in [0, 0.05) is 17.1 Å². The number of alkyl halides is 1.